The fourth-order valence-electron chi connectivity index (χ4n) is 1.82. The zero-order valence-electron chi connectivity index (χ0n) is 9.19. The number of rotatable bonds is 4. The van der Waals surface area contributed by atoms with Crippen molar-refractivity contribution in [3.63, 3.8) is 0 Å². The first-order chi connectivity index (χ1) is 8.16. The van der Waals surface area contributed by atoms with Crippen LogP contribution < -0.4 is 10.1 Å². The van der Waals surface area contributed by atoms with Crippen molar-refractivity contribution in [3.8, 4) is 5.75 Å². The first kappa shape index (κ1) is 12.3. The lowest BCUT2D eigenvalue weighted by molar-refractivity contribution is -0.386. The van der Waals surface area contributed by atoms with E-state index < -0.39 is 4.92 Å². The number of nitrogens with zero attached hydrogens (tertiary/aromatic N) is 1. The van der Waals surface area contributed by atoms with Crippen LogP contribution in [0.4, 0.5) is 5.69 Å². The molecule has 17 heavy (non-hydrogen) atoms. The van der Waals surface area contributed by atoms with Gasteiger partial charge in [0.2, 0.25) is 0 Å². The summed E-state index contributed by atoms with van der Waals surface area (Å²) in [5.74, 6) is 0.781. The van der Waals surface area contributed by atoms with Crippen LogP contribution in [0.1, 0.15) is 6.42 Å². The van der Waals surface area contributed by atoms with Gasteiger partial charge in [-0.25, -0.2) is 0 Å². The van der Waals surface area contributed by atoms with Gasteiger partial charge in [-0.3, -0.25) is 10.1 Å². The van der Waals surface area contributed by atoms with E-state index >= 15 is 0 Å². The summed E-state index contributed by atoms with van der Waals surface area (Å²) in [6.45, 7) is 2.44. The minimum Gasteiger partial charge on any atom is -0.486 e. The van der Waals surface area contributed by atoms with E-state index in [1.165, 1.54) is 6.07 Å². The second kappa shape index (κ2) is 5.46. The third-order valence-corrected chi connectivity index (χ3v) is 3.25. The molecule has 0 saturated carbocycles. The maximum atomic E-state index is 10.9. The molecule has 1 saturated heterocycles. The molecule has 0 bridgehead atoms. The minimum atomic E-state index is -0.424. The highest BCUT2D eigenvalue weighted by Crippen LogP contribution is 2.30. The summed E-state index contributed by atoms with van der Waals surface area (Å²) in [7, 11) is 0. The fourth-order valence-corrected chi connectivity index (χ4v) is 2.17. The highest BCUT2D eigenvalue weighted by atomic mass is 79.9. The van der Waals surface area contributed by atoms with E-state index in [1.54, 1.807) is 12.1 Å². The Morgan fingerprint density at radius 1 is 1.59 bits per heavy atom. The topological polar surface area (TPSA) is 64.4 Å². The molecule has 92 valence electrons. The Morgan fingerprint density at radius 2 is 2.41 bits per heavy atom. The maximum absolute atomic E-state index is 10.9. The number of nitro benzene ring substituents is 1. The number of ether oxygens (including phenoxy) is 1. The minimum absolute atomic E-state index is 0.00494. The molecule has 0 amide bonds. The van der Waals surface area contributed by atoms with E-state index in [0.717, 1.165) is 19.5 Å². The van der Waals surface area contributed by atoms with Crippen molar-refractivity contribution in [1.29, 1.82) is 0 Å². The van der Waals surface area contributed by atoms with Gasteiger partial charge < -0.3 is 10.1 Å². The fraction of sp³-hybridized carbons (Fsp3) is 0.455. The van der Waals surface area contributed by atoms with Crippen LogP contribution in [-0.4, -0.2) is 24.6 Å². The third-order valence-electron chi connectivity index (χ3n) is 2.75. The molecule has 5 nitrogen and oxygen atoms in total. The summed E-state index contributed by atoms with van der Waals surface area (Å²) in [5.41, 5.74) is 0.00494. The molecule has 0 radical (unpaired) electrons. The number of nitro groups is 1. The molecule has 2 rings (SSSR count). The average Bonchev–Trinajstić information content (AvgIpc) is 2.80. The smallest absolute Gasteiger partial charge is 0.312 e. The molecule has 0 spiro atoms. The second-order valence-electron chi connectivity index (χ2n) is 4.04. The van der Waals surface area contributed by atoms with E-state index in [4.69, 9.17) is 4.74 Å². The van der Waals surface area contributed by atoms with Gasteiger partial charge in [-0.05, 0) is 25.1 Å². The summed E-state index contributed by atoms with van der Waals surface area (Å²) < 4.78 is 6.21. The Hall–Kier alpha value is -1.14. The Balaban J connectivity index is 2.06. The molecule has 6 heteroatoms. The summed E-state index contributed by atoms with van der Waals surface area (Å²) in [4.78, 5) is 10.4. The predicted molar refractivity (Wildman–Crippen MR) is 67.3 cm³/mol. The number of hydrogen-bond acceptors (Lipinski definition) is 4. The van der Waals surface area contributed by atoms with Crippen LogP contribution in [0.25, 0.3) is 0 Å². The Morgan fingerprint density at radius 3 is 3.06 bits per heavy atom. The first-order valence-corrected chi connectivity index (χ1v) is 6.23. The van der Waals surface area contributed by atoms with Crippen molar-refractivity contribution in [3.05, 3.63) is 32.8 Å². The SMILES string of the molecule is O=[N+]([O-])c1cc(Br)ccc1OC[C@@H]1CCNC1. The van der Waals surface area contributed by atoms with E-state index in [9.17, 15) is 10.1 Å². The number of benzene rings is 1. The summed E-state index contributed by atoms with van der Waals surface area (Å²) in [6.07, 6.45) is 1.06. The lowest BCUT2D eigenvalue weighted by Crippen LogP contribution is -2.15. The van der Waals surface area contributed by atoms with Gasteiger partial charge in [-0.15, -0.1) is 0 Å². The van der Waals surface area contributed by atoms with Crippen LogP contribution in [0.5, 0.6) is 5.75 Å². The van der Waals surface area contributed by atoms with Crippen molar-refractivity contribution < 1.29 is 9.66 Å². The van der Waals surface area contributed by atoms with Crippen molar-refractivity contribution in [2.75, 3.05) is 19.7 Å². The van der Waals surface area contributed by atoms with Crippen LogP contribution in [0, 0.1) is 16.0 Å². The van der Waals surface area contributed by atoms with E-state index in [0.29, 0.717) is 22.7 Å². The zero-order valence-corrected chi connectivity index (χ0v) is 10.8. The molecule has 1 aromatic rings. The van der Waals surface area contributed by atoms with Crippen LogP contribution >= 0.6 is 15.9 Å². The number of nitrogens with one attached hydrogen (secondary N) is 1. The summed E-state index contributed by atoms with van der Waals surface area (Å²) in [5, 5.41) is 14.1. The van der Waals surface area contributed by atoms with Gasteiger partial charge in [0.25, 0.3) is 0 Å². The standard InChI is InChI=1S/C11H13BrN2O3/c12-9-1-2-11(10(5-9)14(15)16)17-7-8-3-4-13-6-8/h1-2,5,8,13H,3-4,6-7H2/t8-/m1/s1. The van der Waals surface area contributed by atoms with Crippen LogP contribution in [0.15, 0.2) is 22.7 Å². The van der Waals surface area contributed by atoms with Gasteiger partial charge in [0, 0.05) is 23.0 Å². The Bertz CT molecular complexity index is 419. The van der Waals surface area contributed by atoms with Crippen molar-refractivity contribution in [1.82, 2.24) is 5.32 Å². The summed E-state index contributed by atoms with van der Waals surface area (Å²) >= 11 is 3.21. The molecule has 0 aliphatic carbocycles. The molecule has 1 aliphatic rings. The van der Waals surface area contributed by atoms with Gasteiger partial charge in [-0.1, -0.05) is 15.9 Å². The summed E-state index contributed by atoms with van der Waals surface area (Å²) in [6, 6.07) is 4.84. The van der Waals surface area contributed by atoms with Gasteiger partial charge in [0.15, 0.2) is 5.75 Å². The Kier molecular flexibility index (Phi) is 3.96. The van der Waals surface area contributed by atoms with Gasteiger partial charge in [0.05, 0.1) is 11.5 Å². The highest BCUT2D eigenvalue weighted by molar-refractivity contribution is 9.10. The Labute approximate surface area is 107 Å². The molecule has 1 fully saturated rings. The lowest BCUT2D eigenvalue weighted by Gasteiger charge is -2.11. The van der Waals surface area contributed by atoms with Gasteiger partial charge in [-0.2, -0.15) is 0 Å². The lowest BCUT2D eigenvalue weighted by atomic mass is 10.1. The van der Waals surface area contributed by atoms with Crippen LogP contribution in [-0.2, 0) is 0 Å². The largest absolute Gasteiger partial charge is 0.486 e. The third kappa shape index (κ3) is 3.17. The monoisotopic (exact) mass is 300 g/mol. The molecule has 1 atom stereocenters. The maximum Gasteiger partial charge on any atom is 0.312 e. The molecule has 1 aromatic carbocycles. The quantitative estimate of drug-likeness (QED) is 0.685. The van der Waals surface area contributed by atoms with E-state index in [1.807, 2.05) is 0 Å². The molecular weight excluding hydrogens is 288 g/mol. The second-order valence-corrected chi connectivity index (χ2v) is 4.95. The number of hydrogen-bond donors (Lipinski definition) is 1. The molecule has 1 N–H and O–H groups in total. The van der Waals surface area contributed by atoms with Gasteiger partial charge >= 0.3 is 5.69 Å². The number of halogens is 1. The predicted octanol–water partition coefficient (Wildman–Crippen LogP) is 2.35. The average molecular weight is 301 g/mol. The first-order valence-electron chi connectivity index (χ1n) is 5.44. The van der Waals surface area contributed by atoms with Crippen molar-refractivity contribution >= 4 is 21.6 Å². The van der Waals surface area contributed by atoms with Crippen molar-refractivity contribution in [2.45, 2.75) is 6.42 Å². The normalized spacial score (nSPS) is 19.2. The van der Waals surface area contributed by atoms with E-state index in [2.05, 4.69) is 21.2 Å². The molecule has 1 heterocycles. The molecule has 1 aliphatic heterocycles. The zero-order chi connectivity index (χ0) is 12.3. The highest BCUT2D eigenvalue weighted by Gasteiger charge is 2.19. The van der Waals surface area contributed by atoms with Gasteiger partial charge in [0.1, 0.15) is 0 Å². The van der Waals surface area contributed by atoms with E-state index in [-0.39, 0.29) is 5.69 Å². The van der Waals surface area contributed by atoms with Crippen molar-refractivity contribution in [2.24, 2.45) is 5.92 Å². The van der Waals surface area contributed by atoms with Crippen LogP contribution in [0.2, 0.25) is 0 Å². The van der Waals surface area contributed by atoms with Crippen LogP contribution in [0.3, 0.4) is 0 Å². The molecular formula is C11H13BrN2O3. The molecule has 0 unspecified atom stereocenters. The molecule has 0 aromatic heterocycles.